The van der Waals surface area contributed by atoms with Gasteiger partial charge in [-0.1, -0.05) is 0 Å². The minimum atomic E-state index is 0.138. The highest BCUT2D eigenvalue weighted by molar-refractivity contribution is 7.07. The van der Waals surface area contributed by atoms with Crippen molar-refractivity contribution in [1.29, 1.82) is 0 Å². The van der Waals surface area contributed by atoms with E-state index in [4.69, 9.17) is 5.73 Å². The zero-order valence-electron chi connectivity index (χ0n) is 8.42. The highest BCUT2D eigenvalue weighted by Gasteiger charge is 2.04. The van der Waals surface area contributed by atoms with Gasteiger partial charge in [-0.25, -0.2) is 15.0 Å². The lowest BCUT2D eigenvalue weighted by Gasteiger charge is -2.03. The number of hydrogen-bond donors (Lipinski definition) is 1. The third-order valence-electron chi connectivity index (χ3n) is 1.92. The highest BCUT2D eigenvalue weighted by Crippen LogP contribution is 2.13. The van der Waals surface area contributed by atoms with Crippen LogP contribution in [0.3, 0.4) is 0 Å². The van der Waals surface area contributed by atoms with Crippen LogP contribution < -0.4 is 5.73 Å². The van der Waals surface area contributed by atoms with Gasteiger partial charge in [-0.3, -0.25) is 0 Å². The maximum absolute atomic E-state index is 5.69. The Kier molecular flexibility index (Phi) is 3.03. The van der Waals surface area contributed by atoms with Crippen molar-refractivity contribution in [2.45, 2.75) is 19.4 Å². The molecule has 2 rings (SSSR count). The first-order valence-electron chi connectivity index (χ1n) is 4.71. The minimum absolute atomic E-state index is 0.138. The van der Waals surface area contributed by atoms with E-state index in [1.165, 1.54) is 11.3 Å². The quantitative estimate of drug-likeness (QED) is 0.851. The normalized spacial score (nSPS) is 12.7. The molecule has 0 aliphatic rings. The van der Waals surface area contributed by atoms with E-state index in [1.54, 1.807) is 5.51 Å². The summed E-state index contributed by atoms with van der Waals surface area (Å²) in [4.78, 5) is 12.6. The first kappa shape index (κ1) is 10.2. The summed E-state index contributed by atoms with van der Waals surface area (Å²) >= 11 is 1.54. The first-order chi connectivity index (χ1) is 7.25. The number of aromatic nitrogens is 3. The number of nitrogens with two attached hydrogens (primary N) is 1. The maximum Gasteiger partial charge on any atom is 0.178 e. The van der Waals surface area contributed by atoms with E-state index in [9.17, 15) is 0 Å². The number of nitrogens with zero attached hydrogens (tertiary/aromatic N) is 3. The van der Waals surface area contributed by atoms with Gasteiger partial charge in [0.15, 0.2) is 5.82 Å². The van der Waals surface area contributed by atoms with Crippen molar-refractivity contribution in [2.24, 2.45) is 5.73 Å². The first-order valence-corrected chi connectivity index (χ1v) is 5.65. The molecule has 0 bridgehead atoms. The third-order valence-corrected chi connectivity index (χ3v) is 2.51. The van der Waals surface area contributed by atoms with Crippen molar-refractivity contribution >= 4 is 11.3 Å². The standard InChI is InChI=1S/C10H12N4S/c1-7(11)2-8-3-12-10(13-4-8)9-5-15-6-14-9/h3-7H,2,11H2,1H3. The molecule has 2 aromatic rings. The van der Waals surface area contributed by atoms with Crippen LogP contribution in [0.25, 0.3) is 11.5 Å². The van der Waals surface area contributed by atoms with Crippen LogP contribution in [-0.2, 0) is 6.42 Å². The second-order valence-electron chi connectivity index (χ2n) is 3.47. The molecule has 5 heteroatoms. The summed E-state index contributed by atoms with van der Waals surface area (Å²) in [6.07, 6.45) is 4.42. The molecule has 0 saturated heterocycles. The molecule has 78 valence electrons. The Labute approximate surface area is 92.2 Å². The summed E-state index contributed by atoms with van der Waals surface area (Å²) in [6, 6.07) is 0.138. The number of hydrogen-bond acceptors (Lipinski definition) is 5. The molecular weight excluding hydrogens is 208 g/mol. The van der Waals surface area contributed by atoms with Crippen molar-refractivity contribution in [1.82, 2.24) is 15.0 Å². The Morgan fingerprint density at radius 2 is 2.07 bits per heavy atom. The molecule has 15 heavy (non-hydrogen) atoms. The van der Waals surface area contributed by atoms with E-state index in [2.05, 4.69) is 15.0 Å². The fourth-order valence-electron chi connectivity index (χ4n) is 1.29. The largest absolute Gasteiger partial charge is 0.328 e. The average molecular weight is 220 g/mol. The second-order valence-corrected chi connectivity index (χ2v) is 4.19. The zero-order chi connectivity index (χ0) is 10.7. The van der Waals surface area contributed by atoms with Crippen LogP contribution in [0.2, 0.25) is 0 Å². The molecule has 0 aliphatic carbocycles. The van der Waals surface area contributed by atoms with Gasteiger partial charge in [0.25, 0.3) is 0 Å². The molecule has 2 aromatic heterocycles. The van der Waals surface area contributed by atoms with Crippen molar-refractivity contribution in [3.8, 4) is 11.5 Å². The van der Waals surface area contributed by atoms with Crippen LogP contribution in [0.5, 0.6) is 0 Å². The average Bonchev–Trinajstić information content (AvgIpc) is 2.71. The van der Waals surface area contributed by atoms with Crippen molar-refractivity contribution in [3.05, 3.63) is 28.8 Å². The Morgan fingerprint density at radius 3 is 2.60 bits per heavy atom. The number of rotatable bonds is 3. The van der Waals surface area contributed by atoms with Crippen LogP contribution >= 0.6 is 11.3 Å². The van der Waals surface area contributed by atoms with Crippen LogP contribution in [0.15, 0.2) is 23.3 Å². The van der Waals surface area contributed by atoms with Crippen LogP contribution in [0.4, 0.5) is 0 Å². The molecular formula is C10H12N4S. The van der Waals surface area contributed by atoms with Gasteiger partial charge >= 0.3 is 0 Å². The van der Waals surface area contributed by atoms with Gasteiger partial charge in [-0.2, -0.15) is 0 Å². The molecule has 0 radical (unpaired) electrons. The molecule has 0 fully saturated rings. The summed E-state index contributed by atoms with van der Waals surface area (Å²) < 4.78 is 0. The lowest BCUT2D eigenvalue weighted by Crippen LogP contribution is -2.18. The SMILES string of the molecule is CC(N)Cc1cnc(-c2cscn2)nc1. The molecule has 0 saturated carbocycles. The fourth-order valence-corrected chi connectivity index (χ4v) is 1.82. The molecule has 1 atom stereocenters. The molecule has 0 spiro atoms. The predicted octanol–water partition coefficient (Wildman–Crippen LogP) is 1.49. The van der Waals surface area contributed by atoms with E-state index < -0.39 is 0 Å². The Balaban J connectivity index is 2.17. The Morgan fingerprint density at radius 1 is 1.33 bits per heavy atom. The lowest BCUT2D eigenvalue weighted by atomic mass is 10.1. The van der Waals surface area contributed by atoms with Crippen molar-refractivity contribution < 1.29 is 0 Å². The molecule has 2 N–H and O–H groups in total. The third kappa shape index (κ3) is 2.57. The second kappa shape index (κ2) is 4.46. The lowest BCUT2D eigenvalue weighted by molar-refractivity contribution is 0.732. The van der Waals surface area contributed by atoms with E-state index in [-0.39, 0.29) is 6.04 Å². The summed E-state index contributed by atoms with van der Waals surface area (Å²) in [5.74, 6) is 0.671. The van der Waals surface area contributed by atoms with Gasteiger partial charge in [-0.15, -0.1) is 11.3 Å². The number of thiazole rings is 1. The molecule has 1 unspecified atom stereocenters. The van der Waals surface area contributed by atoms with E-state index in [0.717, 1.165) is 17.7 Å². The fraction of sp³-hybridized carbons (Fsp3) is 0.300. The van der Waals surface area contributed by atoms with Crippen molar-refractivity contribution in [3.63, 3.8) is 0 Å². The summed E-state index contributed by atoms with van der Waals surface area (Å²) in [6.45, 7) is 1.97. The van der Waals surface area contributed by atoms with E-state index in [0.29, 0.717) is 5.82 Å². The van der Waals surface area contributed by atoms with Gasteiger partial charge in [0.1, 0.15) is 5.69 Å². The predicted molar refractivity (Wildman–Crippen MR) is 60.5 cm³/mol. The van der Waals surface area contributed by atoms with Gasteiger partial charge in [0.2, 0.25) is 0 Å². The summed E-state index contributed by atoms with van der Waals surface area (Å²) in [5.41, 5.74) is 9.35. The van der Waals surface area contributed by atoms with Gasteiger partial charge in [0, 0.05) is 23.8 Å². The summed E-state index contributed by atoms with van der Waals surface area (Å²) in [5, 5.41) is 1.93. The minimum Gasteiger partial charge on any atom is -0.328 e. The van der Waals surface area contributed by atoms with Crippen LogP contribution in [0, 0.1) is 0 Å². The topological polar surface area (TPSA) is 64.7 Å². The molecule has 0 amide bonds. The van der Waals surface area contributed by atoms with Crippen LogP contribution in [0.1, 0.15) is 12.5 Å². The Bertz CT molecular complexity index is 407. The van der Waals surface area contributed by atoms with Gasteiger partial charge in [-0.05, 0) is 18.9 Å². The van der Waals surface area contributed by atoms with E-state index >= 15 is 0 Å². The Hall–Kier alpha value is -1.33. The van der Waals surface area contributed by atoms with Gasteiger partial charge in [0.05, 0.1) is 5.51 Å². The highest BCUT2D eigenvalue weighted by atomic mass is 32.1. The molecule has 0 aliphatic heterocycles. The zero-order valence-corrected chi connectivity index (χ0v) is 9.24. The van der Waals surface area contributed by atoms with Crippen molar-refractivity contribution in [2.75, 3.05) is 0 Å². The molecule has 4 nitrogen and oxygen atoms in total. The van der Waals surface area contributed by atoms with Gasteiger partial charge < -0.3 is 5.73 Å². The van der Waals surface area contributed by atoms with Crippen LogP contribution in [-0.4, -0.2) is 21.0 Å². The summed E-state index contributed by atoms with van der Waals surface area (Å²) in [7, 11) is 0. The monoisotopic (exact) mass is 220 g/mol. The molecule has 2 heterocycles. The maximum atomic E-state index is 5.69. The smallest absolute Gasteiger partial charge is 0.178 e. The van der Waals surface area contributed by atoms with E-state index in [1.807, 2.05) is 24.7 Å². The molecule has 0 aromatic carbocycles.